The molecule has 0 radical (unpaired) electrons. The van der Waals surface area contributed by atoms with Gasteiger partial charge in [0, 0.05) is 18.2 Å². The van der Waals surface area contributed by atoms with Crippen molar-refractivity contribution in [2.24, 2.45) is 4.40 Å². The van der Waals surface area contributed by atoms with E-state index in [1.54, 1.807) is 24.3 Å². The third-order valence-electron chi connectivity index (χ3n) is 3.55. The van der Waals surface area contributed by atoms with Crippen LogP contribution in [0.4, 0.5) is 0 Å². The molecule has 1 aromatic heterocycles. The van der Waals surface area contributed by atoms with Gasteiger partial charge in [0.05, 0.1) is 21.7 Å². The zero-order valence-corrected chi connectivity index (χ0v) is 15.9. The predicted octanol–water partition coefficient (Wildman–Crippen LogP) is 3.68. The second-order valence-corrected chi connectivity index (χ2v) is 8.27. The molecule has 0 unspecified atom stereocenters. The lowest BCUT2D eigenvalue weighted by Gasteiger charge is -2.05. The van der Waals surface area contributed by atoms with E-state index in [2.05, 4.69) is 4.40 Å². The van der Waals surface area contributed by atoms with Gasteiger partial charge in [0.25, 0.3) is 10.0 Å². The zero-order chi connectivity index (χ0) is 17.9. The van der Waals surface area contributed by atoms with Crippen molar-refractivity contribution >= 4 is 43.2 Å². The lowest BCUT2D eigenvalue weighted by Crippen LogP contribution is -2.19. The van der Waals surface area contributed by atoms with Crippen molar-refractivity contribution < 1.29 is 13.2 Å². The van der Waals surface area contributed by atoms with Gasteiger partial charge in [-0.2, -0.15) is 8.42 Å². The maximum atomic E-state index is 12.6. The van der Waals surface area contributed by atoms with E-state index in [9.17, 15) is 8.42 Å². The topological polar surface area (TPSA) is 60.7 Å². The van der Waals surface area contributed by atoms with Crippen LogP contribution in [0.5, 0.6) is 0 Å². The fourth-order valence-corrected chi connectivity index (χ4v) is 4.94. The van der Waals surface area contributed by atoms with E-state index in [0.29, 0.717) is 29.6 Å². The lowest BCUT2D eigenvalue weighted by atomic mass is 10.3. The summed E-state index contributed by atoms with van der Waals surface area (Å²) in [5.74, 6) is 0. The minimum atomic E-state index is -3.78. The fraction of sp³-hybridized carbons (Fsp3) is 0.235. The maximum absolute atomic E-state index is 12.6. The Kier molecular flexibility index (Phi) is 5.58. The van der Waals surface area contributed by atoms with Crippen LogP contribution in [0, 0.1) is 0 Å². The molecule has 2 aromatic carbocycles. The summed E-state index contributed by atoms with van der Waals surface area (Å²) in [6.45, 7) is 3.51. The molecule has 0 amide bonds. The molecule has 0 bridgehead atoms. The Labute approximate surface area is 155 Å². The fourth-order valence-electron chi connectivity index (χ4n) is 2.38. The summed E-state index contributed by atoms with van der Waals surface area (Å²) in [5, 5.41) is 0.600. The first-order valence-corrected chi connectivity index (χ1v) is 10.4. The quantitative estimate of drug-likeness (QED) is 0.597. The van der Waals surface area contributed by atoms with Gasteiger partial charge < -0.3 is 9.30 Å². The average molecular weight is 397 g/mol. The van der Waals surface area contributed by atoms with Gasteiger partial charge in [-0.3, -0.25) is 0 Å². The molecule has 0 aliphatic carbocycles. The lowest BCUT2D eigenvalue weighted by molar-refractivity contribution is 0.139. The highest BCUT2D eigenvalue weighted by molar-refractivity contribution is 7.90. The van der Waals surface area contributed by atoms with Gasteiger partial charge >= 0.3 is 0 Å². The number of rotatable bonds is 6. The van der Waals surface area contributed by atoms with Crippen LogP contribution in [0.2, 0.25) is 5.02 Å². The van der Waals surface area contributed by atoms with Crippen LogP contribution in [0.3, 0.4) is 0 Å². The number of nitrogens with zero attached hydrogens (tertiary/aromatic N) is 2. The summed E-state index contributed by atoms with van der Waals surface area (Å²) in [7, 11) is -3.78. The van der Waals surface area contributed by atoms with Gasteiger partial charge in [0.2, 0.25) is 4.80 Å². The minimum absolute atomic E-state index is 0.168. The Bertz CT molecular complexity index is 1040. The number of sulfonamides is 1. The summed E-state index contributed by atoms with van der Waals surface area (Å²) in [6, 6.07) is 13.7. The molecule has 0 saturated carbocycles. The molecular formula is C17H17ClN2O3S2. The number of halogens is 1. The van der Waals surface area contributed by atoms with Gasteiger partial charge in [-0.05, 0) is 37.3 Å². The molecule has 3 rings (SSSR count). The largest absolute Gasteiger partial charge is 0.380 e. The van der Waals surface area contributed by atoms with Crippen molar-refractivity contribution in [2.45, 2.75) is 18.4 Å². The van der Waals surface area contributed by atoms with E-state index in [1.165, 1.54) is 23.5 Å². The first-order valence-electron chi connectivity index (χ1n) is 7.74. The first-order chi connectivity index (χ1) is 12.0. The zero-order valence-electron chi connectivity index (χ0n) is 13.6. The van der Waals surface area contributed by atoms with Crippen molar-refractivity contribution in [3.63, 3.8) is 0 Å². The van der Waals surface area contributed by atoms with E-state index in [-0.39, 0.29) is 4.90 Å². The molecule has 25 heavy (non-hydrogen) atoms. The third-order valence-corrected chi connectivity index (χ3v) is 6.22. The van der Waals surface area contributed by atoms with Gasteiger partial charge in [-0.25, -0.2) is 0 Å². The molecule has 5 nitrogen and oxygen atoms in total. The Morgan fingerprint density at radius 1 is 1.20 bits per heavy atom. The van der Waals surface area contributed by atoms with Gasteiger partial charge in [-0.1, -0.05) is 41.1 Å². The van der Waals surface area contributed by atoms with E-state index < -0.39 is 10.0 Å². The number of aromatic nitrogens is 1. The second-order valence-electron chi connectivity index (χ2n) is 5.22. The molecule has 132 valence electrons. The van der Waals surface area contributed by atoms with Crippen LogP contribution in [0.1, 0.15) is 6.92 Å². The molecule has 1 heterocycles. The number of benzene rings is 2. The normalized spacial score (nSPS) is 12.8. The standard InChI is InChI=1S/C17H17ClN2O3S2/c1-2-23-11-10-20-15-9-8-13(18)12-16(15)24-17(20)19-25(21,22)14-6-4-3-5-7-14/h3-9,12H,2,10-11H2,1H3. The van der Waals surface area contributed by atoms with Crippen LogP contribution in [0.25, 0.3) is 10.2 Å². The van der Waals surface area contributed by atoms with Crippen molar-refractivity contribution in [3.05, 3.63) is 58.4 Å². The molecule has 8 heteroatoms. The molecule has 0 aliphatic rings. The van der Waals surface area contributed by atoms with Crippen LogP contribution >= 0.6 is 22.9 Å². The van der Waals surface area contributed by atoms with E-state index in [1.807, 2.05) is 23.6 Å². The first kappa shape index (κ1) is 18.1. The molecular weight excluding hydrogens is 380 g/mol. The summed E-state index contributed by atoms with van der Waals surface area (Å²) in [4.78, 5) is 0.572. The van der Waals surface area contributed by atoms with E-state index >= 15 is 0 Å². The highest BCUT2D eigenvalue weighted by Crippen LogP contribution is 2.22. The van der Waals surface area contributed by atoms with Crippen LogP contribution in [0.15, 0.2) is 57.8 Å². The average Bonchev–Trinajstić information content (AvgIpc) is 2.91. The summed E-state index contributed by atoms with van der Waals surface area (Å²) in [6.07, 6.45) is 0. The highest BCUT2D eigenvalue weighted by Gasteiger charge is 2.14. The maximum Gasteiger partial charge on any atom is 0.285 e. The Morgan fingerprint density at radius 3 is 2.68 bits per heavy atom. The van der Waals surface area contributed by atoms with E-state index in [4.69, 9.17) is 16.3 Å². The Hall–Kier alpha value is -1.67. The molecule has 0 atom stereocenters. The summed E-state index contributed by atoms with van der Waals surface area (Å²) >= 11 is 7.35. The van der Waals surface area contributed by atoms with Crippen LogP contribution in [-0.2, 0) is 21.3 Å². The Balaban J connectivity index is 2.15. The molecule has 0 N–H and O–H groups in total. The predicted molar refractivity (Wildman–Crippen MR) is 101 cm³/mol. The number of hydrogen-bond donors (Lipinski definition) is 0. The molecule has 0 saturated heterocycles. The van der Waals surface area contributed by atoms with Gasteiger partial charge in [0.1, 0.15) is 0 Å². The number of thiazole rings is 1. The summed E-state index contributed by atoms with van der Waals surface area (Å²) in [5.41, 5.74) is 0.885. The molecule has 0 spiro atoms. The van der Waals surface area contributed by atoms with Crippen molar-refractivity contribution in [3.8, 4) is 0 Å². The summed E-state index contributed by atoms with van der Waals surface area (Å²) < 4.78 is 37.4. The van der Waals surface area contributed by atoms with Crippen molar-refractivity contribution in [1.82, 2.24) is 4.57 Å². The second kappa shape index (κ2) is 7.70. The minimum Gasteiger partial charge on any atom is -0.380 e. The van der Waals surface area contributed by atoms with Crippen molar-refractivity contribution in [2.75, 3.05) is 13.2 Å². The highest BCUT2D eigenvalue weighted by atomic mass is 35.5. The van der Waals surface area contributed by atoms with E-state index in [0.717, 1.165) is 10.2 Å². The smallest absolute Gasteiger partial charge is 0.285 e. The van der Waals surface area contributed by atoms with Gasteiger partial charge in [0.15, 0.2) is 0 Å². The van der Waals surface area contributed by atoms with Crippen LogP contribution < -0.4 is 4.80 Å². The molecule has 0 fully saturated rings. The number of fused-ring (bicyclic) bond motifs is 1. The number of ether oxygens (including phenoxy) is 1. The Morgan fingerprint density at radius 2 is 1.96 bits per heavy atom. The molecule has 3 aromatic rings. The third kappa shape index (κ3) is 4.12. The van der Waals surface area contributed by atoms with Crippen LogP contribution in [-0.4, -0.2) is 26.2 Å². The van der Waals surface area contributed by atoms with Gasteiger partial charge in [-0.15, -0.1) is 4.40 Å². The number of hydrogen-bond acceptors (Lipinski definition) is 4. The van der Waals surface area contributed by atoms with Crippen molar-refractivity contribution in [1.29, 1.82) is 0 Å². The monoisotopic (exact) mass is 396 g/mol. The SMILES string of the molecule is CCOCCn1c(=NS(=O)(=O)c2ccccc2)sc2cc(Cl)ccc21. The molecule has 0 aliphatic heterocycles.